The molecule has 8 nitrogen and oxygen atoms in total. The van der Waals surface area contributed by atoms with Crippen LogP contribution >= 0.6 is 23.2 Å². The highest BCUT2D eigenvalue weighted by Gasteiger charge is 2.05. The van der Waals surface area contributed by atoms with Gasteiger partial charge in [-0.25, -0.2) is 9.59 Å². The third-order valence-electron chi connectivity index (χ3n) is 3.94. The fraction of sp³-hybridized carbons (Fsp3) is 0.417. The fourth-order valence-electron chi connectivity index (χ4n) is 2.11. The van der Waals surface area contributed by atoms with Crippen LogP contribution in [0.1, 0.15) is 0 Å². The topological polar surface area (TPSA) is 77.5 Å². The molecule has 0 unspecified atom stereocenters. The zero-order valence-corrected chi connectivity index (χ0v) is 21.5. The van der Waals surface area contributed by atoms with Crippen molar-refractivity contribution in [2.24, 2.45) is 0 Å². The molecule has 2 rings (SSSR count). The van der Waals surface area contributed by atoms with Crippen molar-refractivity contribution < 1.29 is 28.5 Å². The summed E-state index contributed by atoms with van der Waals surface area (Å²) >= 11 is 11.4. The molecular weight excluding hydrogens is 483 g/mol. The minimum atomic E-state index is -0.373. The van der Waals surface area contributed by atoms with Gasteiger partial charge in [0, 0.05) is 23.1 Å². The van der Waals surface area contributed by atoms with Crippen LogP contribution in [0.2, 0.25) is 10.0 Å². The molecule has 34 heavy (non-hydrogen) atoms. The van der Waals surface area contributed by atoms with E-state index in [9.17, 15) is 9.59 Å². The predicted octanol–water partition coefficient (Wildman–Crippen LogP) is 3.65. The highest BCUT2D eigenvalue weighted by atomic mass is 35.5. The molecule has 0 amide bonds. The Kier molecular flexibility index (Phi) is 14.8. The quantitative estimate of drug-likeness (QED) is 0.397. The molecule has 0 fully saturated rings. The molecular formula is C24H32Cl2N2O6. The lowest BCUT2D eigenvalue weighted by molar-refractivity contribution is -0.147. The van der Waals surface area contributed by atoms with Crippen molar-refractivity contribution in [3.63, 3.8) is 0 Å². The first kappa shape index (κ1) is 29.5. The van der Waals surface area contributed by atoms with Gasteiger partial charge >= 0.3 is 11.9 Å². The van der Waals surface area contributed by atoms with Crippen molar-refractivity contribution in [1.29, 1.82) is 0 Å². The summed E-state index contributed by atoms with van der Waals surface area (Å²) in [5.41, 5.74) is 0. The van der Waals surface area contributed by atoms with E-state index in [2.05, 4.69) is 0 Å². The lowest BCUT2D eigenvalue weighted by atomic mass is 10.3. The number of carbonyl (C=O) groups is 2. The van der Waals surface area contributed by atoms with Gasteiger partial charge in [0.25, 0.3) is 0 Å². The van der Waals surface area contributed by atoms with Crippen molar-refractivity contribution in [1.82, 2.24) is 9.80 Å². The lowest BCUT2D eigenvalue weighted by Gasteiger charge is -2.10. The van der Waals surface area contributed by atoms with Gasteiger partial charge in [-0.15, -0.1) is 0 Å². The van der Waals surface area contributed by atoms with E-state index in [4.69, 9.17) is 42.1 Å². The van der Waals surface area contributed by atoms with E-state index in [1.54, 1.807) is 48.5 Å². The van der Waals surface area contributed by atoms with E-state index in [1.807, 2.05) is 38.0 Å². The Labute approximate surface area is 211 Å². The Bertz CT molecular complexity index is 774. The van der Waals surface area contributed by atoms with Crippen molar-refractivity contribution in [2.75, 3.05) is 67.7 Å². The van der Waals surface area contributed by atoms with Crippen LogP contribution in [0, 0.1) is 0 Å². The Hall–Kier alpha value is -2.52. The Morgan fingerprint density at radius 1 is 0.647 bits per heavy atom. The first-order chi connectivity index (χ1) is 16.2. The Balaban J connectivity index is 0.000000340. The van der Waals surface area contributed by atoms with Gasteiger partial charge in [0.1, 0.15) is 24.7 Å². The average Bonchev–Trinajstić information content (AvgIpc) is 2.78. The number of hydrogen-bond donors (Lipinski definition) is 0. The van der Waals surface area contributed by atoms with Gasteiger partial charge in [-0.2, -0.15) is 0 Å². The minimum Gasteiger partial charge on any atom is -0.482 e. The summed E-state index contributed by atoms with van der Waals surface area (Å²) in [6.07, 6.45) is 0. The number of hydrogen-bond acceptors (Lipinski definition) is 8. The van der Waals surface area contributed by atoms with Gasteiger partial charge in [0.2, 0.25) is 0 Å². The summed E-state index contributed by atoms with van der Waals surface area (Å²) in [4.78, 5) is 26.4. The molecule has 0 radical (unpaired) electrons. The van der Waals surface area contributed by atoms with Crippen LogP contribution < -0.4 is 9.47 Å². The number of likely N-dealkylation sites (N-methyl/N-ethyl adjacent to an activating group) is 2. The number of nitrogens with zero attached hydrogens (tertiary/aromatic N) is 2. The first-order valence-electron chi connectivity index (χ1n) is 10.5. The second kappa shape index (κ2) is 17.0. The molecule has 10 heteroatoms. The zero-order chi connectivity index (χ0) is 25.3. The number of carbonyl (C=O) groups excluding carboxylic acids is 2. The van der Waals surface area contributed by atoms with Gasteiger partial charge < -0.3 is 28.7 Å². The molecule has 2 aromatic carbocycles. The van der Waals surface area contributed by atoms with Crippen LogP contribution in [0.4, 0.5) is 0 Å². The molecule has 188 valence electrons. The minimum absolute atomic E-state index is 0.0882. The standard InChI is InChI=1S/2C12H16ClNO3/c2*1-14(2)7-8-16-12(15)9-17-11-5-3-10(13)4-6-11/h2*3-6H,7-9H2,1-2H3. The van der Waals surface area contributed by atoms with E-state index >= 15 is 0 Å². The van der Waals surface area contributed by atoms with Gasteiger partial charge in [0.05, 0.1) is 0 Å². The number of rotatable bonds is 12. The molecule has 0 heterocycles. The molecule has 0 bridgehead atoms. The van der Waals surface area contributed by atoms with Gasteiger partial charge in [-0.1, -0.05) is 23.2 Å². The average molecular weight is 515 g/mol. The molecule has 0 aromatic heterocycles. The van der Waals surface area contributed by atoms with Crippen LogP contribution in [0.3, 0.4) is 0 Å². The number of esters is 2. The summed E-state index contributed by atoms with van der Waals surface area (Å²) in [5, 5.41) is 1.26. The van der Waals surface area contributed by atoms with E-state index < -0.39 is 0 Å². The largest absolute Gasteiger partial charge is 0.482 e. The normalized spacial score (nSPS) is 10.4. The van der Waals surface area contributed by atoms with E-state index in [0.717, 1.165) is 0 Å². The van der Waals surface area contributed by atoms with Crippen LogP contribution in [0.25, 0.3) is 0 Å². The zero-order valence-electron chi connectivity index (χ0n) is 20.0. The van der Waals surface area contributed by atoms with Crippen LogP contribution in [-0.2, 0) is 19.1 Å². The Morgan fingerprint density at radius 3 is 1.26 bits per heavy atom. The van der Waals surface area contributed by atoms with Crippen molar-refractivity contribution in [2.45, 2.75) is 0 Å². The first-order valence-corrected chi connectivity index (χ1v) is 11.3. The molecule has 0 spiro atoms. The highest BCUT2D eigenvalue weighted by Crippen LogP contribution is 2.16. The predicted molar refractivity (Wildman–Crippen MR) is 133 cm³/mol. The third-order valence-corrected chi connectivity index (χ3v) is 4.45. The molecule has 0 aliphatic rings. The summed E-state index contributed by atoms with van der Waals surface area (Å²) in [6.45, 7) is 1.97. The van der Waals surface area contributed by atoms with E-state index in [-0.39, 0.29) is 25.2 Å². The summed E-state index contributed by atoms with van der Waals surface area (Å²) < 4.78 is 20.4. The monoisotopic (exact) mass is 514 g/mol. The van der Waals surface area contributed by atoms with Crippen LogP contribution in [0.15, 0.2) is 48.5 Å². The summed E-state index contributed by atoms with van der Waals surface area (Å²) in [7, 11) is 7.66. The van der Waals surface area contributed by atoms with E-state index in [1.165, 1.54) is 0 Å². The maximum atomic E-state index is 11.3. The molecule has 0 saturated heterocycles. The maximum absolute atomic E-state index is 11.3. The molecule has 0 N–H and O–H groups in total. The fourth-order valence-corrected chi connectivity index (χ4v) is 2.37. The molecule has 0 aliphatic carbocycles. The molecule has 0 saturated carbocycles. The smallest absolute Gasteiger partial charge is 0.344 e. The third kappa shape index (κ3) is 15.3. The van der Waals surface area contributed by atoms with Crippen molar-refractivity contribution in [3.05, 3.63) is 58.6 Å². The van der Waals surface area contributed by atoms with Gasteiger partial charge in [-0.3, -0.25) is 0 Å². The SMILES string of the molecule is CN(C)CCOC(=O)COc1ccc(Cl)cc1.CN(C)CCOC(=O)COc1ccc(Cl)cc1. The highest BCUT2D eigenvalue weighted by molar-refractivity contribution is 6.30. The second-order valence-electron chi connectivity index (χ2n) is 7.53. The van der Waals surface area contributed by atoms with Crippen molar-refractivity contribution >= 4 is 35.1 Å². The van der Waals surface area contributed by atoms with Crippen LogP contribution in [-0.4, -0.2) is 89.4 Å². The van der Waals surface area contributed by atoms with Crippen LogP contribution in [0.5, 0.6) is 11.5 Å². The van der Waals surface area contributed by atoms with Crippen molar-refractivity contribution in [3.8, 4) is 11.5 Å². The molecule has 0 atom stereocenters. The molecule has 0 aliphatic heterocycles. The Morgan fingerprint density at radius 2 is 0.971 bits per heavy atom. The number of ether oxygens (including phenoxy) is 4. The second-order valence-corrected chi connectivity index (χ2v) is 8.41. The lowest BCUT2D eigenvalue weighted by Crippen LogP contribution is -2.22. The van der Waals surface area contributed by atoms with Gasteiger partial charge in [0.15, 0.2) is 13.2 Å². The summed E-state index contributed by atoms with van der Waals surface area (Å²) in [5.74, 6) is 0.446. The number of halogens is 2. The summed E-state index contributed by atoms with van der Waals surface area (Å²) in [6, 6.07) is 13.6. The maximum Gasteiger partial charge on any atom is 0.344 e. The van der Waals surface area contributed by atoms with Gasteiger partial charge in [-0.05, 0) is 76.7 Å². The van der Waals surface area contributed by atoms with E-state index in [0.29, 0.717) is 47.8 Å². The number of benzene rings is 2. The molecule has 2 aromatic rings.